The SMILES string of the molecule is CC(OC=O)C1=CCCC1. The average molecular weight is 140 g/mol. The smallest absolute Gasteiger partial charge is 0.293 e. The van der Waals surface area contributed by atoms with Crippen molar-refractivity contribution >= 4 is 6.47 Å². The van der Waals surface area contributed by atoms with Crippen molar-refractivity contribution in [3.05, 3.63) is 11.6 Å². The van der Waals surface area contributed by atoms with Crippen LogP contribution in [0.2, 0.25) is 0 Å². The van der Waals surface area contributed by atoms with E-state index in [9.17, 15) is 4.79 Å². The van der Waals surface area contributed by atoms with Crippen molar-refractivity contribution < 1.29 is 9.53 Å². The highest BCUT2D eigenvalue weighted by atomic mass is 16.5. The fraction of sp³-hybridized carbons (Fsp3) is 0.625. The molecule has 10 heavy (non-hydrogen) atoms. The molecule has 0 heterocycles. The van der Waals surface area contributed by atoms with E-state index in [1.807, 2.05) is 6.92 Å². The van der Waals surface area contributed by atoms with E-state index in [0.29, 0.717) is 6.47 Å². The molecule has 0 aromatic carbocycles. The molecule has 1 rings (SSSR count). The van der Waals surface area contributed by atoms with E-state index in [1.54, 1.807) is 0 Å². The number of hydrogen-bond donors (Lipinski definition) is 0. The van der Waals surface area contributed by atoms with Gasteiger partial charge in [0.1, 0.15) is 6.10 Å². The maximum absolute atomic E-state index is 9.92. The van der Waals surface area contributed by atoms with Crippen LogP contribution >= 0.6 is 0 Å². The molecule has 0 aromatic rings. The largest absolute Gasteiger partial charge is 0.460 e. The molecule has 1 atom stereocenters. The van der Waals surface area contributed by atoms with Gasteiger partial charge in [0.2, 0.25) is 0 Å². The van der Waals surface area contributed by atoms with Crippen molar-refractivity contribution in [2.24, 2.45) is 0 Å². The predicted molar refractivity (Wildman–Crippen MR) is 38.5 cm³/mol. The minimum absolute atomic E-state index is 0.000000000000000444. The monoisotopic (exact) mass is 140 g/mol. The van der Waals surface area contributed by atoms with Gasteiger partial charge in [0.15, 0.2) is 0 Å². The molecule has 0 radical (unpaired) electrons. The Morgan fingerprint density at radius 3 is 3.10 bits per heavy atom. The molecule has 56 valence electrons. The van der Waals surface area contributed by atoms with Crippen LogP contribution < -0.4 is 0 Å². The quantitative estimate of drug-likeness (QED) is 0.440. The lowest BCUT2D eigenvalue weighted by molar-refractivity contribution is -0.131. The Bertz CT molecular complexity index is 149. The maximum Gasteiger partial charge on any atom is 0.293 e. The zero-order valence-electron chi connectivity index (χ0n) is 6.17. The van der Waals surface area contributed by atoms with Crippen LogP contribution in [0.4, 0.5) is 0 Å². The number of allylic oxidation sites excluding steroid dienone is 1. The van der Waals surface area contributed by atoms with Crippen molar-refractivity contribution in [3.8, 4) is 0 Å². The molecule has 0 fully saturated rings. The van der Waals surface area contributed by atoms with E-state index in [-0.39, 0.29) is 6.10 Å². The number of carbonyl (C=O) groups excluding carboxylic acids is 1. The van der Waals surface area contributed by atoms with Crippen LogP contribution in [-0.2, 0) is 9.53 Å². The highest BCUT2D eigenvalue weighted by molar-refractivity contribution is 5.38. The van der Waals surface area contributed by atoms with Crippen molar-refractivity contribution in [1.29, 1.82) is 0 Å². The summed E-state index contributed by atoms with van der Waals surface area (Å²) in [5, 5.41) is 0. The van der Waals surface area contributed by atoms with Crippen LogP contribution in [0.25, 0.3) is 0 Å². The summed E-state index contributed by atoms with van der Waals surface area (Å²) in [6, 6.07) is 0. The van der Waals surface area contributed by atoms with Crippen molar-refractivity contribution in [2.45, 2.75) is 32.3 Å². The van der Waals surface area contributed by atoms with E-state index in [4.69, 9.17) is 4.74 Å². The molecule has 0 bridgehead atoms. The molecule has 0 aromatic heterocycles. The molecule has 0 N–H and O–H groups in total. The van der Waals surface area contributed by atoms with Gasteiger partial charge in [-0.3, -0.25) is 4.79 Å². The zero-order chi connectivity index (χ0) is 7.40. The Balaban J connectivity index is 2.39. The first-order chi connectivity index (χ1) is 4.84. The first-order valence-electron chi connectivity index (χ1n) is 3.62. The topological polar surface area (TPSA) is 26.3 Å². The van der Waals surface area contributed by atoms with Gasteiger partial charge in [-0.25, -0.2) is 0 Å². The summed E-state index contributed by atoms with van der Waals surface area (Å²) in [5.41, 5.74) is 1.27. The van der Waals surface area contributed by atoms with Gasteiger partial charge in [0, 0.05) is 0 Å². The van der Waals surface area contributed by atoms with Gasteiger partial charge >= 0.3 is 0 Å². The molecule has 1 aliphatic carbocycles. The van der Waals surface area contributed by atoms with E-state index < -0.39 is 0 Å². The third-order valence-corrected chi connectivity index (χ3v) is 1.86. The van der Waals surface area contributed by atoms with E-state index in [1.165, 1.54) is 12.0 Å². The Kier molecular flexibility index (Phi) is 2.49. The number of ether oxygens (including phenoxy) is 1. The third kappa shape index (κ3) is 1.59. The highest BCUT2D eigenvalue weighted by Crippen LogP contribution is 2.21. The molecular formula is C8H12O2. The van der Waals surface area contributed by atoms with Crippen molar-refractivity contribution in [1.82, 2.24) is 0 Å². The van der Waals surface area contributed by atoms with E-state index in [2.05, 4.69) is 6.08 Å². The fourth-order valence-electron chi connectivity index (χ4n) is 1.24. The standard InChI is InChI=1S/C8H12O2/c1-7(10-6-9)8-4-2-3-5-8/h4,6-7H,2-3,5H2,1H3. The second-order valence-corrected chi connectivity index (χ2v) is 2.55. The van der Waals surface area contributed by atoms with Crippen LogP contribution in [0.5, 0.6) is 0 Å². The second-order valence-electron chi connectivity index (χ2n) is 2.55. The van der Waals surface area contributed by atoms with Crippen LogP contribution in [0.3, 0.4) is 0 Å². The molecule has 2 nitrogen and oxygen atoms in total. The average Bonchev–Trinajstić information content (AvgIpc) is 2.38. The van der Waals surface area contributed by atoms with Crippen LogP contribution in [0.1, 0.15) is 26.2 Å². The molecule has 1 aliphatic rings. The van der Waals surface area contributed by atoms with Gasteiger partial charge in [-0.1, -0.05) is 6.08 Å². The first kappa shape index (κ1) is 7.32. The van der Waals surface area contributed by atoms with Gasteiger partial charge in [-0.15, -0.1) is 0 Å². The highest BCUT2D eigenvalue weighted by Gasteiger charge is 2.12. The van der Waals surface area contributed by atoms with Crippen LogP contribution in [0.15, 0.2) is 11.6 Å². The van der Waals surface area contributed by atoms with Gasteiger partial charge in [0.05, 0.1) is 0 Å². The first-order valence-corrected chi connectivity index (χ1v) is 3.62. The number of rotatable bonds is 3. The summed E-state index contributed by atoms with van der Waals surface area (Å²) >= 11 is 0. The van der Waals surface area contributed by atoms with Crippen LogP contribution in [0, 0.1) is 0 Å². The van der Waals surface area contributed by atoms with Gasteiger partial charge in [-0.05, 0) is 31.8 Å². The second kappa shape index (κ2) is 3.40. The van der Waals surface area contributed by atoms with Crippen molar-refractivity contribution in [3.63, 3.8) is 0 Å². The molecule has 1 unspecified atom stereocenters. The number of hydrogen-bond acceptors (Lipinski definition) is 2. The van der Waals surface area contributed by atoms with Crippen LogP contribution in [-0.4, -0.2) is 12.6 Å². The van der Waals surface area contributed by atoms with Gasteiger partial charge in [-0.2, -0.15) is 0 Å². The lowest BCUT2D eigenvalue weighted by atomic mass is 10.1. The lowest BCUT2D eigenvalue weighted by Crippen LogP contribution is -2.08. The van der Waals surface area contributed by atoms with E-state index in [0.717, 1.165) is 12.8 Å². The summed E-state index contributed by atoms with van der Waals surface area (Å²) in [4.78, 5) is 9.92. The van der Waals surface area contributed by atoms with Gasteiger partial charge in [0.25, 0.3) is 6.47 Å². The predicted octanol–water partition coefficient (Wildman–Crippen LogP) is 1.66. The van der Waals surface area contributed by atoms with Crippen molar-refractivity contribution in [2.75, 3.05) is 0 Å². The summed E-state index contributed by atoms with van der Waals surface area (Å²) in [5.74, 6) is 0. The Hall–Kier alpha value is -0.790. The minimum Gasteiger partial charge on any atom is -0.460 e. The maximum atomic E-state index is 9.92. The summed E-state index contributed by atoms with van der Waals surface area (Å²) in [7, 11) is 0. The number of carbonyl (C=O) groups is 1. The molecular weight excluding hydrogens is 128 g/mol. The van der Waals surface area contributed by atoms with Gasteiger partial charge < -0.3 is 4.74 Å². The summed E-state index contributed by atoms with van der Waals surface area (Å²) < 4.78 is 4.78. The molecule has 2 heteroatoms. The molecule has 0 saturated heterocycles. The Labute approximate surface area is 60.9 Å². The van der Waals surface area contributed by atoms with E-state index >= 15 is 0 Å². The molecule has 0 aliphatic heterocycles. The Morgan fingerprint density at radius 2 is 2.60 bits per heavy atom. The summed E-state index contributed by atoms with van der Waals surface area (Å²) in [6.07, 6.45) is 5.60. The molecule has 0 saturated carbocycles. The zero-order valence-corrected chi connectivity index (χ0v) is 6.17. The minimum atomic E-state index is -0.000000000000000444. The molecule has 0 spiro atoms. The summed E-state index contributed by atoms with van der Waals surface area (Å²) in [6.45, 7) is 2.43. The molecule has 0 amide bonds. The fourth-order valence-corrected chi connectivity index (χ4v) is 1.24. The normalized spacial score (nSPS) is 19.9. The third-order valence-electron chi connectivity index (χ3n) is 1.86. The lowest BCUT2D eigenvalue weighted by Gasteiger charge is -2.09. The Morgan fingerprint density at radius 1 is 1.80 bits per heavy atom.